The van der Waals surface area contributed by atoms with Crippen LogP contribution >= 0.6 is 0 Å². The molecule has 22 heavy (non-hydrogen) atoms. The second-order valence-electron chi connectivity index (χ2n) is 4.87. The molecular formula is C12H14F3N3O4. The lowest BCUT2D eigenvalue weighted by molar-refractivity contribution is -0.140. The number of ether oxygens (including phenoxy) is 1. The van der Waals surface area contributed by atoms with Gasteiger partial charge in [0.05, 0.1) is 37.1 Å². The van der Waals surface area contributed by atoms with E-state index in [0.29, 0.717) is 12.8 Å². The van der Waals surface area contributed by atoms with E-state index in [0.717, 1.165) is 6.20 Å². The summed E-state index contributed by atoms with van der Waals surface area (Å²) in [5.41, 5.74) is -3.06. The number of hydrogen-bond acceptors (Lipinski definition) is 5. The number of aliphatic carboxylic acids is 1. The van der Waals surface area contributed by atoms with Crippen molar-refractivity contribution >= 4 is 11.7 Å². The quantitative estimate of drug-likeness (QED) is 0.728. The van der Waals surface area contributed by atoms with Crippen LogP contribution < -0.4 is 10.9 Å². The summed E-state index contributed by atoms with van der Waals surface area (Å²) in [6, 6.07) is -0.418. The zero-order chi connectivity index (χ0) is 16.3. The number of nitrogens with one attached hydrogen (secondary N) is 2. The van der Waals surface area contributed by atoms with Gasteiger partial charge in [-0.15, -0.1) is 0 Å². The number of carbonyl (C=O) groups is 1. The molecule has 0 radical (unpaired) electrons. The van der Waals surface area contributed by atoms with Crippen LogP contribution in [0.1, 0.15) is 24.8 Å². The molecule has 1 aliphatic rings. The summed E-state index contributed by atoms with van der Waals surface area (Å²) in [4.78, 5) is 21.7. The average molecular weight is 321 g/mol. The smallest absolute Gasteiger partial charge is 0.423 e. The summed E-state index contributed by atoms with van der Waals surface area (Å²) >= 11 is 0. The van der Waals surface area contributed by atoms with Gasteiger partial charge in [-0.05, 0) is 12.8 Å². The molecular weight excluding hydrogens is 307 g/mol. The van der Waals surface area contributed by atoms with Crippen molar-refractivity contribution in [2.24, 2.45) is 0 Å². The Hall–Kier alpha value is -2.10. The topological polar surface area (TPSA) is 104 Å². The zero-order valence-electron chi connectivity index (χ0n) is 11.3. The fraction of sp³-hybridized carbons (Fsp3) is 0.583. The second kappa shape index (κ2) is 6.34. The molecule has 2 rings (SSSR count). The lowest BCUT2D eigenvalue weighted by Gasteiger charge is -2.37. The number of rotatable bonds is 6. The highest BCUT2D eigenvalue weighted by Gasteiger charge is 2.39. The van der Waals surface area contributed by atoms with Gasteiger partial charge < -0.3 is 15.2 Å². The molecule has 1 aromatic rings. The van der Waals surface area contributed by atoms with Gasteiger partial charge in [0, 0.05) is 0 Å². The van der Waals surface area contributed by atoms with Crippen LogP contribution in [0.15, 0.2) is 11.0 Å². The molecule has 0 spiro atoms. The number of anilines is 1. The molecule has 10 heteroatoms. The van der Waals surface area contributed by atoms with Crippen LogP contribution in [0.3, 0.4) is 0 Å². The van der Waals surface area contributed by atoms with Crippen molar-refractivity contribution in [3.8, 4) is 0 Å². The minimum absolute atomic E-state index is 0.0159. The summed E-state index contributed by atoms with van der Waals surface area (Å²) in [7, 11) is 0. The molecule has 1 saturated carbocycles. The van der Waals surface area contributed by atoms with Crippen molar-refractivity contribution in [2.75, 3.05) is 11.9 Å². The van der Waals surface area contributed by atoms with Gasteiger partial charge in [0.2, 0.25) is 0 Å². The largest absolute Gasteiger partial charge is 0.481 e. The Bertz CT molecular complexity index is 602. The highest BCUT2D eigenvalue weighted by molar-refractivity contribution is 5.66. The molecule has 1 heterocycles. The van der Waals surface area contributed by atoms with Crippen molar-refractivity contribution in [2.45, 2.75) is 37.6 Å². The fourth-order valence-corrected chi connectivity index (χ4v) is 2.12. The van der Waals surface area contributed by atoms with Crippen molar-refractivity contribution in [1.82, 2.24) is 10.2 Å². The van der Waals surface area contributed by atoms with Gasteiger partial charge in [-0.2, -0.15) is 18.3 Å². The Morgan fingerprint density at radius 1 is 1.50 bits per heavy atom. The maximum absolute atomic E-state index is 12.9. The molecule has 2 atom stereocenters. The van der Waals surface area contributed by atoms with Crippen LogP contribution in [-0.2, 0) is 15.7 Å². The third kappa shape index (κ3) is 3.75. The van der Waals surface area contributed by atoms with Gasteiger partial charge >= 0.3 is 12.1 Å². The monoisotopic (exact) mass is 321 g/mol. The van der Waals surface area contributed by atoms with Gasteiger partial charge in [0.15, 0.2) is 0 Å². The van der Waals surface area contributed by atoms with E-state index in [1.807, 2.05) is 0 Å². The summed E-state index contributed by atoms with van der Waals surface area (Å²) in [5.74, 6) is -1.01. The van der Waals surface area contributed by atoms with Crippen LogP contribution in [0, 0.1) is 0 Å². The van der Waals surface area contributed by atoms with Crippen LogP contribution in [-0.4, -0.2) is 40.0 Å². The lowest BCUT2D eigenvalue weighted by atomic mass is 9.88. The zero-order valence-corrected chi connectivity index (χ0v) is 11.3. The van der Waals surface area contributed by atoms with Gasteiger partial charge in [0.1, 0.15) is 5.56 Å². The number of nitrogens with zero attached hydrogens (tertiary/aromatic N) is 1. The summed E-state index contributed by atoms with van der Waals surface area (Å²) in [5, 5.41) is 16.2. The lowest BCUT2D eigenvalue weighted by Crippen LogP contribution is -2.45. The van der Waals surface area contributed by atoms with Gasteiger partial charge in [-0.3, -0.25) is 9.59 Å². The molecule has 0 saturated heterocycles. The highest BCUT2D eigenvalue weighted by atomic mass is 19.4. The number of halogens is 3. The summed E-state index contributed by atoms with van der Waals surface area (Å²) in [6.07, 6.45) is -3.31. The average Bonchev–Trinajstić information content (AvgIpc) is 2.38. The van der Waals surface area contributed by atoms with Gasteiger partial charge in [-0.25, -0.2) is 5.10 Å². The van der Waals surface area contributed by atoms with E-state index < -0.39 is 35.0 Å². The molecule has 7 nitrogen and oxygen atoms in total. The molecule has 3 N–H and O–H groups in total. The van der Waals surface area contributed by atoms with E-state index in [9.17, 15) is 22.8 Å². The number of H-pyrrole nitrogens is 1. The maximum Gasteiger partial charge on any atom is 0.423 e. The predicted molar refractivity (Wildman–Crippen MR) is 68.5 cm³/mol. The second-order valence-corrected chi connectivity index (χ2v) is 4.87. The number of aromatic nitrogens is 2. The van der Waals surface area contributed by atoms with E-state index in [2.05, 4.69) is 10.4 Å². The van der Waals surface area contributed by atoms with Crippen LogP contribution in [0.4, 0.5) is 18.9 Å². The Kier molecular flexibility index (Phi) is 4.69. The van der Waals surface area contributed by atoms with E-state index in [1.165, 1.54) is 0 Å². The normalized spacial score (nSPS) is 21.2. The maximum atomic E-state index is 12.9. The first-order valence-electron chi connectivity index (χ1n) is 6.54. The van der Waals surface area contributed by atoms with E-state index in [-0.39, 0.29) is 19.1 Å². The first-order chi connectivity index (χ1) is 10.3. The number of alkyl halides is 3. The van der Waals surface area contributed by atoms with Crippen LogP contribution in [0.5, 0.6) is 0 Å². The molecule has 1 fully saturated rings. The molecule has 122 valence electrons. The number of aromatic amines is 1. The van der Waals surface area contributed by atoms with E-state index in [4.69, 9.17) is 9.84 Å². The molecule has 0 aliphatic heterocycles. The molecule has 0 unspecified atom stereocenters. The molecule has 0 aromatic carbocycles. The van der Waals surface area contributed by atoms with E-state index in [1.54, 1.807) is 5.10 Å². The standard InChI is InChI=1S/C12H14F3N3O4/c13-12(14,15)10-7(5-16-18-11(10)21)17-6-1-2-8(6)22-4-3-9(19)20/h5-6,8H,1-4H2,(H,19,20)(H2,17,18,21)/t6-,8+/m1/s1. The first kappa shape index (κ1) is 16.3. The number of hydrogen-bond donors (Lipinski definition) is 3. The Balaban J connectivity index is 2.04. The summed E-state index contributed by atoms with van der Waals surface area (Å²) in [6.45, 7) is -0.0159. The minimum atomic E-state index is -4.80. The molecule has 1 aliphatic carbocycles. The predicted octanol–water partition coefficient (Wildman–Crippen LogP) is 1.22. The highest BCUT2D eigenvalue weighted by Crippen LogP contribution is 2.34. The fourth-order valence-electron chi connectivity index (χ4n) is 2.12. The van der Waals surface area contributed by atoms with Crippen molar-refractivity contribution in [1.29, 1.82) is 0 Å². The minimum Gasteiger partial charge on any atom is -0.481 e. The van der Waals surface area contributed by atoms with Crippen LogP contribution in [0.25, 0.3) is 0 Å². The van der Waals surface area contributed by atoms with Crippen molar-refractivity contribution in [3.63, 3.8) is 0 Å². The van der Waals surface area contributed by atoms with Crippen molar-refractivity contribution in [3.05, 3.63) is 22.1 Å². The SMILES string of the molecule is O=C(O)CCO[C@H]1CC[C@H]1Nc1cn[nH]c(=O)c1C(F)(F)F. The Labute approximate surface area is 122 Å². The van der Waals surface area contributed by atoms with Crippen molar-refractivity contribution < 1.29 is 27.8 Å². The molecule has 0 amide bonds. The molecule has 1 aromatic heterocycles. The van der Waals surface area contributed by atoms with Gasteiger partial charge in [-0.1, -0.05) is 0 Å². The summed E-state index contributed by atoms with van der Waals surface area (Å²) < 4.78 is 44.0. The van der Waals surface area contributed by atoms with E-state index >= 15 is 0 Å². The third-order valence-corrected chi connectivity index (χ3v) is 3.34. The third-order valence-electron chi connectivity index (χ3n) is 3.34. The van der Waals surface area contributed by atoms with Crippen LogP contribution in [0.2, 0.25) is 0 Å². The number of carboxylic acids is 1. The number of carboxylic acid groups (broad SMARTS) is 1. The van der Waals surface area contributed by atoms with Gasteiger partial charge in [0.25, 0.3) is 5.56 Å². The Morgan fingerprint density at radius 3 is 2.77 bits per heavy atom. The molecule has 0 bridgehead atoms. The first-order valence-corrected chi connectivity index (χ1v) is 6.54. The Morgan fingerprint density at radius 2 is 2.23 bits per heavy atom.